The molecule has 3 aromatic carbocycles. The first-order valence-corrected chi connectivity index (χ1v) is 12.5. The average Bonchev–Trinajstić information content (AvgIpc) is 2.90. The highest BCUT2D eigenvalue weighted by molar-refractivity contribution is 5.77. The van der Waals surface area contributed by atoms with Crippen molar-refractivity contribution in [1.82, 2.24) is 19.4 Å². The van der Waals surface area contributed by atoms with Crippen molar-refractivity contribution in [3.05, 3.63) is 117 Å². The molecule has 0 radical (unpaired) electrons. The molecule has 1 aromatic heterocycles. The van der Waals surface area contributed by atoms with Crippen molar-refractivity contribution >= 4 is 10.9 Å². The number of fused-ring (bicyclic) bond motifs is 1. The molecule has 2 heterocycles. The van der Waals surface area contributed by atoms with Crippen molar-refractivity contribution in [2.75, 3.05) is 32.7 Å². The molecule has 180 valence electrons. The summed E-state index contributed by atoms with van der Waals surface area (Å²) in [4.78, 5) is 32.0. The standard InChI is InChI=1S/C29H32N4O2/c34-28-25-15-7-8-16-26(25)33(29(35)30-28)18-10-9-17-31-19-21-32(22-20-31)27(23-11-3-1-4-12-23)24-13-5-2-6-14-24/h1-8,11-16,27H,9-10,17-22H2,(H,30,34,35). The largest absolute Gasteiger partial charge is 0.328 e. The minimum atomic E-state index is -0.324. The fourth-order valence-electron chi connectivity index (χ4n) is 5.20. The van der Waals surface area contributed by atoms with E-state index in [1.807, 2.05) is 18.2 Å². The Balaban J connectivity index is 1.17. The minimum Gasteiger partial charge on any atom is -0.301 e. The Morgan fingerprint density at radius 3 is 1.91 bits per heavy atom. The van der Waals surface area contributed by atoms with E-state index < -0.39 is 0 Å². The lowest BCUT2D eigenvalue weighted by atomic mass is 9.96. The number of nitrogens with zero attached hydrogens (tertiary/aromatic N) is 3. The van der Waals surface area contributed by atoms with Gasteiger partial charge in [-0.3, -0.25) is 19.2 Å². The lowest BCUT2D eigenvalue weighted by Gasteiger charge is -2.39. The summed E-state index contributed by atoms with van der Waals surface area (Å²) in [5.74, 6) is 0. The summed E-state index contributed by atoms with van der Waals surface area (Å²) < 4.78 is 1.69. The van der Waals surface area contributed by atoms with Crippen LogP contribution in [-0.4, -0.2) is 52.1 Å². The first kappa shape index (κ1) is 23.3. The summed E-state index contributed by atoms with van der Waals surface area (Å²) in [6.45, 7) is 5.76. The summed E-state index contributed by atoms with van der Waals surface area (Å²) in [7, 11) is 0. The lowest BCUT2D eigenvalue weighted by Crippen LogP contribution is -2.48. The molecule has 1 aliphatic rings. The highest BCUT2D eigenvalue weighted by Crippen LogP contribution is 2.29. The SMILES string of the molecule is O=c1[nH]c(=O)n(CCCCN2CCN(C(c3ccccc3)c3ccccc3)CC2)c2ccccc12. The molecule has 1 fully saturated rings. The molecule has 0 aliphatic carbocycles. The topological polar surface area (TPSA) is 61.3 Å². The van der Waals surface area contributed by atoms with Crippen LogP contribution in [0.5, 0.6) is 0 Å². The third-order valence-corrected chi connectivity index (χ3v) is 7.01. The molecular weight excluding hydrogens is 436 g/mol. The van der Waals surface area contributed by atoms with E-state index in [0.717, 1.165) is 45.6 Å². The molecule has 4 aromatic rings. The molecule has 0 spiro atoms. The fraction of sp³-hybridized carbons (Fsp3) is 0.310. The van der Waals surface area contributed by atoms with Gasteiger partial charge in [0.15, 0.2) is 0 Å². The number of hydrogen-bond donors (Lipinski definition) is 1. The zero-order chi connectivity index (χ0) is 24.0. The zero-order valence-corrected chi connectivity index (χ0v) is 20.0. The van der Waals surface area contributed by atoms with Gasteiger partial charge in [0, 0.05) is 32.7 Å². The molecule has 1 aliphatic heterocycles. The van der Waals surface area contributed by atoms with E-state index in [0.29, 0.717) is 17.4 Å². The first-order valence-electron chi connectivity index (χ1n) is 12.5. The predicted molar refractivity (Wildman–Crippen MR) is 141 cm³/mol. The minimum absolute atomic E-state index is 0.278. The Morgan fingerprint density at radius 2 is 1.26 bits per heavy atom. The number of aromatic nitrogens is 2. The summed E-state index contributed by atoms with van der Waals surface area (Å²) in [6, 6.07) is 29.1. The second kappa shape index (κ2) is 10.8. The maximum Gasteiger partial charge on any atom is 0.328 e. The summed E-state index contributed by atoms with van der Waals surface area (Å²) >= 11 is 0. The molecule has 5 rings (SSSR count). The molecule has 0 bridgehead atoms. The van der Waals surface area contributed by atoms with Gasteiger partial charge in [0.1, 0.15) is 0 Å². The maximum atomic E-state index is 12.4. The number of aryl methyl sites for hydroxylation is 1. The Morgan fingerprint density at radius 1 is 0.686 bits per heavy atom. The van der Waals surface area contributed by atoms with Crippen molar-refractivity contribution in [2.24, 2.45) is 0 Å². The number of rotatable bonds is 8. The first-order chi connectivity index (χ1) is 17.2. The van der Waals surface area contributed by atoms with Crippen molar-refractivity contribution < 1.29 is 0 Å². The summed E-state index contributed by atoms with van der Waals surface area (Å²) in [6.07, 6.45) is 1.91. The van der Waals surface area contributed by atoms with Crippen LogP contribution >= 0.6 is 0 Å². The van der Waals surface area contributed by atoms with E-state index in [2.05, 4.69) is 75.4 Å². The highest BCUT2D eigenvalue weighted by Gasteiger charge is 2.26. The van der Waals surface area contributed by atoms with Crippen molar-refractivity contribution in [2.45, 2.75) is 25.4 Å². The fourth-order valence-corrected chi connectivity index (χ4v) is 5.20. The second-order valence-electron chi connectivity index (χ2n) is 9.24. The van der Waals surface area contributed by atoms with Crippen LogP contribution in [0.15, 0.2) is 94.5 Å². The molecule has 6 nitrogen and oxygen atoms in total. The van der Waals surface area contributed by atoms with E-state index >= 15 is 0 Å². The van der Waals surface area contributed by atoms with Crippen LogP contribution in [0.1, 0.15) is 30.0 Å². The van der Waals surface area contributed by atoms with Crippen LogP contribution in [0, 0.1) is 0 Å². The van der Waals surface area contributed by atoms with Crippen LogP contribution in [0.3, 0.4) is 0 Å². The van der Waals surface area contributed by atoms with E-state index in [-0.39, 0.29) is 17.3 Å². The van der Waals surface area contributed by atoms with Crippen molar-refractivity contribution in [1.29, 1.82) is 0 Å². The number of piperazine rings is 1. The normalized spacial score (nSPS) is 15.1. The van der Waals surface area contributed by atoms with Gasteiger partial charge in [-0.2, -0.15) is 0 Å². The van der Waals surface area contributed by atoms with Crippen molar-refractivity contribution in [3.8, 4) is 0 Å². The van der Waals surface area contributed by atoms with Gasteiger partial charge in [-0.1, -0.05) is 72.8 Å². The number of aromatic amines is 1. The highest BCUT2D eigenvalue weighted by atomic mass is 16.2. The van der Waals surface area contributed by atoms with Crippen LogP contribution in [0.25, 0.3) is 10.9 Å². The van der Waals surface area contributed by atoms with Gasteiger partial charge < -0.3 is 4.90 Å². The zero-order valence-electron chi connectivity index (χ0n) is 20.0. The predicted octanol–water partition coefficient (Wildman–Crippen LogP) is 3.88. The van der Waals surface area contributed by atoms with Gasteiger partial charge in [0.2, 0.25) is 0 Å². The lowest BCUT2D eigenvalue weighted by molar-refractivity contribution is 0.108. The molecule has 6 heteroatoms. The van der Waals surface area contributed by atoms with Gasteiger partial charge >= 0.3 is 5.69 Å². The van der Waals surface area contributed by atoms with Crippen LogP contribution < -0.4 is 11.2 Å². The Kier molecular flexibility index (Phi) is 7.21. The number of nitrogens with one attached hydrogen (secondary N) is 1. The van der Waals surface area contributed by atoms with Crippen LogP contribution in [0.2, 0.25) is 0 Å². The average molecular weight is 469 g/mol. The number of para-hydroxylation sites is 1. The molecule has 1 N–H and O–H groups in total. The smallest absolute Gasteiger partial charge is 0.301 e. The van der Waals surface area contributed by atoms with E-state index in [1.165, 1.54) is 11.1 Å². The molecule has 1 saturated heterocycles. The maximum absolute atomic E-state index is 12.4. The van der Waals surface area contributed by atoms with E-state index in [1.54, 1.807) is 10.6 Å². The molecule has 35 heavy (non-hydrogen) atoms. The van der Waals surface area contributed by atoms with Crippen LogP contribution in [-0.2, 0) is 6.54 Å². The summed E-state index contributed by atoms with van der Waals surface area (Å²) in [5.41, 5.74) is 2.75. The second-order valence-corrected chi connectivity index (χ2v) is 9.24. The van der Waals surface area contributed by atoms with Crippen molar-refractivity contribution in [3.63, 3.8) is 0 Å². The number of unbranched alkanes of at least 4 members (excludes halogenated alkanes) is 1. The van der Waals surface area contributed by atoms with Crippen LogP contribution in [0.4, 0.5) is 0 Å². The van der Waals surface area contributed by atoms with Gasteiger partial charge in [0.25, 0.3) is 5.56 Å². The molecule has 0 amide bonds. The quantitative estimate of drug-likeness (QED) is 0.399. The van der Waals surface area contributed by atoms with E-state index in [9.17, 15) is 9.59 Å². The monoisotopic (exact) mass is 468 g/mol. The number of hydrogen-bond acceptors (Lipinski definition) is 4. The Labute approximate surface area is 205 Å². The summed E-state index contributed by atoms with van der Waals surface area (Å²) in [5, 5.41) is 0.564. The van der Waals surface area contributed by atoms with Gasteiger partial charge in [-0.25, -0.2) is 4.79 Å². The third-order valence-electron chi connectivity index (χ3n) is 7.01. The Hall–Kier alpha value is -3.48. The molecule has 0 atom stereocenters. The number of benzene rings is 3. The molecule has 0 unspecified atom stereocenters. The van der Waals surface area contributed by atoms with Gasteiger partial charge in [-0.05, 0) is 42.6 Å². The van der Waals surface area contributed by atoms with Gasteiger partial charge in [0.05, 0.1) is 16.9 Å². The Bertz CT molecular complexity index is 1320. The third kappa shape index (κ3) is 5.29. The van der Waals surface area contributed by atoms with E-state index in [4.69, 9.17) is 0 Å². The molecular formula is C29H32N4O2. The van der Waals surface area contributed by atoms with Gasteiger partial charge in [-0.15, -0.1) is 0 Å². The number of H-pyrrole nitrogens is 1. The molecule has 0 saturated carbocycles.